The molecule has 2 aromatic rings. The summed E-state index contributed by atoms with van der Waals surface area (Å²) >= 11 is 0. The number of furan rings is 1. The molecule has 0 saturated carbocycles. The number of nitrogens with one attached hydrogen (secondary N) is 2. The minimum Gasteiger partial charge on any atom is -0.467 e. The summed E-state index contributed by atoms with van der Waals surface area (Å²) in [7, 11) is 1.31. The first kappa shape index (κ1) is 14.4. The van der Waals surface area contributed by atoms with E-state index in [4.69, 9.17) is 10.2 Å². The number of carbonyl (C=O) groups is 2. The quantitative estimate of drug-likeness (QED) is 0.731. The highest BCUT2D eigenvalue weighted by Gasteiger charge is 2.09. The number of amides is 2. The average Bonchev–Trinajstić information content (AvgIpc) is 2.93. The zero-order valence-electron chi connectivity index (χ0n) is 11.4. The van der Waals surface area contributed by atoms with Gasteiger partial charge in [-0.3, -0.25) is 0 Å². The molecule has 0 aliphatic rings. The fourth-order valence-electron chi connectivity index (χ4n) is 1.74. The number of nitrogens with two attached hydrogens (primary N) is 1. The molecule has 0 spiro atoms. The van der Waals surface area contributed by atoms with Gasteiger partial charge in [-0.2, -0.15) is 0 Å². The number of hydrogen-bond acceptors (Lipinski definition) is 5. The Morgan fingerprint density at radius 2 is 2.05 bits per heavy atom. The van der Waals surface area contributed by atoms with Crippen molar-refractivity contribution in [3.8, 4) is 0 Å². The van der Waals surface area contributed by atoms with E-state index >= 15 is 0 Å². The fourth-order valence-corrected chi connectivity index (χ4v) is 1.74. The standard InChI is InChI=1S/C14H15N3O4/c1-20-13(18)9-5-12(21-8-9)7-16-10-3-2-4-11(6-10)17-14(15)19/h2-6,8,16H,7H2,1H3,(H3,15,17,19). The third-order valence-corrected chi connectivity index (χ3v) is 2.67. The molecule has 0 aliphatic heterocycles. The maximum absolute atomic E-state index is 11.3. The molecule has 0 unspecified atom stereocenters. The Balaban J connectivity index is 1.98. The van der Waals surface area contributed by atoms with Crippen LogP contribution in [0, 0.1) is 0 Å². The van der Waals surface area contributed by atoms with E-state index in [1.807, 2.05) is 6.07 Å². The zero-order valence-corrected chi connectivity index (χ0v) is 11.4. The van der Waals surface area contributed by atoms with Crippen LogP contribution in [0.3, 0.4) is 0 Å². The number of ether oxygens (including phenoxy) is 1. The summed E-state index contributed by atoms with van der Waals surface area (Å²) in [5.41, 5.74) is 6.77. The molecule has 1 heterocycles. The third kappa shape index (κ3) is 4.00. The first-order valence-electron chi connectivity index (χ1n) is 6.14. The summed E-state index contributed by atoms with van der Waals surface area (Å²) in [5, 5.41) is 5.59. The van der Waals surface area contributed by atoms with Crippen LogP contribution in [-0.2, 0) is 11.3 Å². The molecule has 1 aromatic carbocycles. The van der Waals surface area contributed by atoms with Crippen LogP contribution in [0.5, 0.6) is 0 Å². The van der Waals surface area contributed by atoms with Crippen molar-refractivity contribution in [1.29, 1.82) is 0 Å². The molecular formula is C14H15N3O4. The van der Waals surface area contributed by atoms with E-state index in [9.17, 15) is 9.59 Å². The Morgan fingerprint density at radius 1 is 1.29 bits per heavy atom. The molecule has 4 N–H and O–H groups in total. The summed E-state index contributed by atoms with van der Waals surface area (Å²) < 4.78 is 9.84. The Hall–Kier alpha value is -2.96. The van der Waals surface area contributed by atoms with Crippen LogP contribution >= 0.6 is 0 Å². The lowest BCUT2D eigenvalue weighted by Gasteiger charge is -2.07. The molecule has 7 nitrogen and oxygen atoms in total. The highest BCUT2D eigenvalue weighted by molar-refractivity contribution is 5.89. The molecule has 21 heavy (non-hydrogen) atoms. The predicted molar refractivity (Wildman–Crippen MR) is 77.0 cm³/mol. The molecule has 1 aromatic heterocycles. The Labute approximate surface area is 121 Å². The van der Waals surface area contributed by atoms with E-state index in [-0.39, 0.29) is 0 Å². The first-order chi connectivity index (χ1) is 10.1. The number of benzene rings is 1. The summed E-state index contributed by atoms with van der Waals surface area (Å²) in [6, 6.07) is 8.03. The summed E-state index contributed by atoms with van der Waals surface area (Å²) in [5.74, 6) is 0.140. The topological polar surface area (TPSA) is 107 Å². The number of methoxy groups -OCH3 is 1. The van der Waals surface area contributed by atoms with Crippen molar-refractivity contribution in [1.82, 2.24) is 0 Å². The maximum Gasteiger partial charge on any atom is 0.341 e. The molecule has 7 heteroatoms. The number of primary amides is 1. The lowest BCUT2D eigenvalue weighted by Crippen LogP contribution is -2.19. The van der Waals surface area contributed by atoms with Gasteiger partial charge in [0.05, 0.1) is 19.2 Å². The van der Waals surface area contributed by atoms with E-state index in [0.717, 1.165) is 5.69 Å². The normalized spacial score (nSPS) is 9.95. The Morgan fingerprint density at radius 3 is 2.76 bits per heavy atom. The van der Waals surface area contributed by atoms with Crippen molar-refractivity contribution in [2.24, 2.45) is 5.73 Å². The monoisotopic (exact) mass is 289 g/mol. The lowest BCUT2D eigenvalue weighted by atomic mass is 10.2. The van der Waals surface area contributed by atoms with Crippen LogP contribution in [-0.4, -0.2) is 19.1 Å². The molecule has 110 valence electrons. The van der Waals surface area contributed by atoms with Gasteiger partial charge in [0.1, 0.15) is 12.0 Å². The SMILES string of the molecule is COC(=O)c1coc(CNc2cccc(NC(N)=O)c2)c1. The van der Waals surface area contributed by atoms with Crippen LogP contribution in [0.4, 0.5) is 16.2 Å². The fraction of sp³-hybridized carbons (Fsp3) is 0.143. The van der Waals surface area contributed by atoms with Crippen molar-refractivity contribution < 1.29 is 18.7 Å². The van der Waals surface area contributed by atoms with Crippen LogP contribution in [0.15, 0.2) is 41.0 Å². The van der Waals surface area contributed by atoms with Crippen molar-refractivity contribution in [2.75, 3.05) is 17.7 Å². The van der Waals surface area contributed by atoms with Gasteiger partial charge in [-0.25, -0.2) is 9.59 Å². The number of carbonyl (C=O) groups excluding carboxylic acids is 2. The summed E-state index contributed by atoms with van der Waals surface area (Å²) in [6.45, 7) is 0.386. The molecule has 0 atom stereocenters. The number of esters is 1. The Bertz CT molecular complexity index is 651. The molecule has 0 aliphatic carbocycles. The van der Waals surface area contributed by atoms with E-state index in [0.29, 0.717) is 23.6 Å². The van der Waals surface area contributed by atoms with Crippen LogP contribution in [0.25, 0.3) is 0 Å². The van der Waals surface area contributed by atoms with Gasteiger partial charge in [-0.05, 0) is 24.3 Å². The minimum absolute atomic E-state index is 0.360. The average molecular weight is 289 g/mol. The predicted octanol–water partition coefficient (Wildman–Crippen LogP) is 2.17. The highest BCUT2D eigenvalue weighted by Crippen LogP contribution is 2.17. The second kappa shape index (κ2) is 6.47. The van der Waals surface area contributed by atoms with Crippen LogP contribution < -0.4 is 16.4 Å². The van der Waals surface area contributed by atoms with E-state index in [1.165, 1.54) is 13.4 Å². The second-order valence-electron chi connectivity index (χ2n) is 4.22. The van der Waals surface area contributed by atoms with E-state index in [1.54, 1.807) is 24.3 Å². The van der Waals surface area contributed by atoms with Gasteiger partial charge >= 0.3 is 12.0 Å². The van der Waals surface area contributed by atoms with Crippen LogP contribution in [0.2, 0.25) is 0 Å². The van der Waals surface area contributed by atoms with Gasteiger partial charge in [-0.15, -0.1) is 0 Å². The number of anilines is 2. The van der Waals surface area contributed by atoms with Crippen molar-refractivity contribution >= 4 is 23.4 Å². The summed E-state index contributed by atoms with van der Waals surface area (Å²) in [4.78, 5) is 22.1. The minimum atomic E-state index is -0.624. The molecule has 0 bridgehead atoms. The first-order valence-corrected chi connectivity index (χ1v) is 6.14. The van der Waals surface area contributed by atoms with Crippen molar-refractivity contribution in [3.05, 3.63) is 47.9 Å². The molecular weight excluding hydrogens is 274 g/mol. The molecule has 2 rings (SSSR count). The smallest absolute Gasteiger partial charge is 0.341 e. The van der Waals surface area contributed by atoms with Gasteiger partial charge in [0.2, 0.25) is 0 Å². The van der Waals surface area contributed by atoms with Gasteiger partial charge < -0.3 is 25.5 Å². The van der Waals surface area contributed by atoms with E-state index in [2.05, 4.69) is 15.4 Å². The molecule has 2 amide bonds. The maximum atomic E-state index is 11.3. The second-order valence-corrected chi connectivity index (χ2v) is 4.22. The molecule has 0 fully saturated rings. The van der Waals surface area contributed by atoms with E-state index < -0.39 is 12.0 Å². The number of urea groups is 1. The van der Waals surface area contributed by atoms with Gasteiger partial charge in [0.25, 0.3) is 0 Å². The highest BCUT2D eigenvalue weighted by atomic mass is 16.5. The number of hydrogen-bond donors (Lipinski definition) is 3. The number of rotatable bonds is 5. The zero-order chi connectivity index (χ0) is 15.2. The lowest BCUT2D eigenvalue weighted by molar-refractivity contribution is 0.0600. The summed E-state index contributed by atoms with van der Waals surface area (Å²) in [6.07, 6.45) is 1.34. The van der Waals surface area contributed by atoms with Crippen molar-refractivity contribution in [2.45, 2.75) is 6.54 Å². The molecule has 0 radical (unpaired) electrons. The largest absolute Gasteiger partial charge is 0.467 e. The third-order valence-electron chi connectivity index (χ3n) is 2.67. The van der Waals surface area contributed by atoms with Crippen LogP contribution in [0.1, 0.15) is 16.1 Å². The molecule has 0 saturated heterocycles. The van der Waals surface area contributed by atoms with Gasteiger partial charge in [0, 0.05) is 11.4 Å². The Kier molecular flexibility index (Phi) is 4.45. The van der Waals surface area contributed by atoms with Gasteiger partial charge in [0.15, 0.2) is 0 Å². The van der Waals surface area contributed by atoms with Crippen molar-refractivity contribution in [3.63, 3.8) is 0 Å². The van der Waals surface area contributed by atoms with Gasteiger partial charge in [-0.1, -0.05) is 6.07 Å².